The molecule has 0 aliphatic carbocycles. The van der Waals surface area contributed by atoms with E-state index in [4.69, 9.17) is 4.52 Å². The van der Waals surface area contributed by atoms with E-state index in [-0.39, 0.29) is 11.8 Å². The molecule has 0 spiro atoms. The van der Waals surface area contributed by atoms with E-state index in [1.165, 1.54) is 5.56 Å². The van der Waals surface area contributed by atoms with E-state index in [0.717, 1.165) is 16.1 Å². The average Bonchev–Trinajstić information content (AvgIpc) is 3.27. The molecule has 122 valence electrons. The van der Waals surface area contributed by atoms with Crippen LogP contribution in [-0.4, -0.2) is 22.6 Å². The highest BCUT2D eigenvalue weighted by molar-refractivity contribution is 7.13. The highest BCUT2D eigenvalue weighted by Crippen LogP contribution is 2.33. The number of carbonyl (C=O) groups is 1. The number of aromatic nitrogens is 2. The minimum atomic E-state index is -0.0310. The largest absolute Gasteiger partial charge is 0.333 e. The minimum Gasteiger partial charge on any atom is -0.333 e. The summed E-state index contributed by atoms with van der Waals surface area (Å²) in [6.07, 6.45) is 0.413. The smallest absolute Gasteiger partial charge is 0.268 e. The molecule has 5 nitrogen and oxygen atoms in total. The lowest BCUT2D eigenvalue weighted by molar-refractivity contribution is -0.117. The Balaban J connectivity index is 1.56. The quantitative estimate of drug-likeness (QED) is 0.725. The second kappa shape index (κ2) is 5.87. The molecule has 2 aromatic heterocycles. The Morgan fingerprint density at radius 3 is 2.71 bits per heavy atom. The van der Waals surface area contributed by atoms with E-state index in [9.17, 15) is 4.79 Å². The number of hydrogen-bond donors (Lipinski definition) is 0. The van der Waals surface area contributed by atoms with Crippen LogP contribution in [0.5, 0.6) is 0 Å². The molecule has 4 rings (SSSR count). The third-order valence-corrected chi connectivity index (χ3v) is 5.34. The van der Waals surface area contributed by atoms with Crippen molar-refractivity contribution < 1.29 is 9.32 Å². The van der Waals surface area contributed by atoms with Gasteiger partial charge in [-0.15, -0.1) is 11.3 Å². The molecule has 1 atom stereocenters. The van der Waals surface area contributed by atoms with Gasteiger partial charge in [-0.05, 0) is 43.0 Å². The van der Waals surface area contributed by atoms with Crippen LogP contribution in [0.2, 0.25) is 0 Å². The first-order valence-electron chi connectivity index (χ1n) is 7.87. The second-order valence-electron chi connectivity index (χ2n) is 6.13. The lowest BCUT2D eigenvalue weighted by atomic mass is 10.1. The summed E-state index contributed by atoms with van der Waals surface area (Å²) in [4.78, 5) is 19.7. The molecule has 0 radical (unpaired) electrons. The Morgan fingerprint density at radius 1 is 1.21 bits per heavy atom. The predicted octanol–water partition coefficient (Wildman–Crippen LogP) is 3.94. The fraction of sp³-hybridized carbons (Fsp3) is 0.278. The first kappa shape index (κ1) is 15.1. The van der Waals surface area contributed by atoms with E-state index >= 15 is 0 Å². The van der Waals surface area contributed by atoms with E-state index in [1.807, 2.05) is 49.6 Å². The Morgan fingerprint density at radius 2 is 2.00 bits per heavy atom. The number of anilines is 1. The van der Waals surface area contributed by atoms with E-state index in [0.29, 0.717) is 24.7 Å². The normalized spacial score (nSPS) is 17.7. The molecule has 1 aromatic carbocycles. The van der Waals surface area contributed by atoms with Crippen molar-refractivity contribution in [3.63, 3.8) is 0 Å². The van der Waals surface area contributed by atoms with Crippen molar-refractivity contribution in [2.24, 2.45) is 0 Å². The number of carbonyl (C=O) groups excluding carboxylic acids is 1. The third-order valence-electron chi connectivity index (χ3n) is 4.33. The first-order valence-corrected chi connectivity index (χ1v) is 8.75. The van der Waals surface area contributed by atoms with Gasteiger partial charge < -0.3 is 9.42 Å². The Labute approximate surface area is 143 Å². The summed E-state index contributed by atoms with van der Waals surface area (Å²) in [7, 11) is 0. The summed E-state index contributed by atoms with van der Waals surface area (Å²) in [5.74, 6) is 1.22. The van der Waals surface area contributed by atoms with E-state index in [1.54, 1.807) is 16.2 Å². The molecule has 1 saturated heterocycles. The summed E-state index contributed by atoms with van der Waals surface area (Å²) in [6.45, 7) is 4.64. The highest BCUT2D eigenvalue weighted by atomic mass is 32.1. The fourth-order valence-corrected chi connectivity index (χ4v) is 3.79. The van der Waals surface area contributed by atoms with Crippen molar-refractivity contribution in [2.45, 2.75) is 26.2 Å². The molecule has 24 heavy (non-hydrogen) atoms. The molecule has 1 unspecified atom stereocenters. The van der Waals surface area contributed by atoms with Crippen LogP contribution in [0.25, 0.3) is 10.8 Å². The zero-order valence-corrected chi connectivity index (χ0v) is 14.3. The van der Waals surface area contributed by atoms with Crippen LogP contribution < -0.4 is 4.90 Å². The number of rotatable bonds is 3. The number of hydrogen-bond acceptors (Lipinski definition) is 5. The van der Waals surface area contributed by atoms with E-state index in [2.05, 4.69) is 10.1 Å². The number of benzene rings is 1. The van der Waals surface area contributed by atoms with Gasteiger partial charge in [0.05, 0.1) is 4.88 Å². The monoisotopic (exact) mass is 339 g/mol. The van der Waals surface area contributed by atoms with Crippen LogP contribution in [-0.2, 0) is 4.79 Å². The van der Waals surface area contributed by atoms with Crippen LogP contribution in [0.3, 0.4) is 0 Å². The van der Waals surface area contributed by atoms with Crippen LogP contribution in [0, 0.1) is 13.8 Å². The topological polar surface area (TPSA) is 59.2 Å². The minimum absolute atomic E-state index is 0.0310. The molecular formula is C18H17N3O2S. The standard InChI is InChI=1S/C18H17N3O2S/c1-11-3-5-14(6-4-11)21-10-13(9-15(21)22)17-19-18(23-20-17)16-12(2)7-8-24-16/h3-8,13H,9-10H2,1-2H3. The van der Waals surface area contributed by atoms with Gasteiger partial charge >= 0.3 is 0 Å². The van der Waals surface area contributed by atoms with Crippen LogP contribution >= 0.6 is 11.3 Å². The number of aryl methyl sites for hydroxylation is 2. The third kappa shape index (κ3) is 2.63. The average molecular weight is 339 g/mol. The molecule has 6 heteroatoms. The lowest BCUT2D eigenvalue weighted by Gasteiger charge is -2.16. The van der Waals surface area contributed by atoms with Crippen LogP contribution in [0.1, 0.15) is 29.3 Å². The predicted molar refractivity (Wildman–Crippen MR) is 93.2 cm³/mol. The molecule has 1 aliphatic rings. The van der Waals surface area contributed by atoms with Crippen molar-refractivity contribution in [1.82, 2.24) is 10.1 Å². The van der Waals surface area contributed by atoms with Gasteiger partial charge in [-0.1, -0.05) is 22.9 Å². The van der Waals surface area contributed by atoms with Gasteiger partial charge in [0.2, 0.25) is 5.91 Å². The van der Waals surface area contributed by atoms with Gasteiger partial charge in [0.1, 0.15) is 0 Å². The molecule has 3 heterocycles. The molecule has 3 aromatic rings. The molecule has 0 N–H and O–H groups in total. The maximum absolute atomic E-state index is 12.4. The maximum atomic E-state index is 12.4. The zero-order chi connectivity index (χ0) is 16.7. The SMILES string of the molecule is Cc1ccc(N2CC(c3noc(-c4sccc4C)n3)CC2=O)cc1. The second-order valence-corrected chi connectivity index (χ2v) is 7.05. The van der Waals surface area contributed by atoms with Crippen molar-refractivity contribution in [2.75, 3.05) is 11.4 Å². The van der Waals surface area contributed by atoms with Gasteiger partial charge in [-0.2, -0.15) is 4.98 Å². The maximum Gasteiger partial charge on any atom is 0.268 e. The highest BCUT2D eigenvalue weighted by Gasteiger charge is 2.34. The summed E-state index contributed by atoms with van der Waals surface area (Å²) < 4.78 is 5.41. The van der Waals surface area contributed by atoms with Gasteiger partial charge in [-0.3, -0.25) is 4.79 Å². The Bertz CT molecular complexity index is 882. The number of amides is 1. The van der Waals surface area contributed by atoms with Gasteiger partial charge in [0.15, 0.2) is 5.82 Å². The molecule has 1 amide bonds. The van der Waals surface area contributed by atoms with Crippen molar-refractivity contribution in [3.05, 3.63) is 52.7 Å². The Hall–Kier alpha value is -2.47. The molecule has 1 aliphatic heterocycles. The van der Waals surface area contributed by atoms with Gasteiger partial charge in [0.25, 0.3) is 5.89 Å². The van der Waals surface area contributed by atoms with Gasteiger partial charge in [0, 0.05) is 24.6 Å². The van der Waals surface area contributed by atoms with Crippen molar-refractivity contribution >= 4 is 22.9 Å². The number of thiophene rings is 1. The summed E-state index contributed by atoms with van der Waals surface area (Å²) in [6, 6.07) is 10.0. The molecular weight excluding hydrogens is 322 g/mol. The zero-order valence-electron chi connectivity index (χ0n) is 13.5. The Kier molecular flexibility index (Phi) is 3.69. The first-order chi connectivity index (χ1) is 11.6. The van der Waals surface area contributed by atoms with Crippen molar-refractivity contribution in [1.29, 1.82) is 0 Å². The van der Waals surface area contributed by atoms with Crippen molar-refractivity contribution in [3.8, 4) is 10.8 Å². The van der Waals surface area contributed by atoms with Gasteiger partial charge in [-0.25, -0.2) is 0 Å². The number of nitrogens with zero attached hydrogens (tertiary/aromatic N) is 3. The molecule has 1 fully saturated rings. The summed E-state index contributed by atoms with van der Waals surface area (Å²) >= 11 is 1.58. The molecule has 0 bridgehead atoms. The lowest BCUT2D eigenvalue weighted by Crippen LogP contribution is -2.24. The van der Waals surface area contributed by atoms with Crippen LogP contribution in [0.15, 0.2) is 40.2 Å². The fourth-order valence-electron chi connectivity index (χ4n) is 2.94. The van der Waals surface area contributed by atoms with E-state index < -0.39 is 0 Å². The molecule has 0 saturated carbocycles. The summed E-state index contributed by atoms with van der Waals surface area (Å²) in [5.41, 5.74) is 3.22. The summed E-state index contributed by atoms with van der Waals surface area (Å²) in [5, 5.41) is 6.12. The van der Waals surface area contributed by atoms with Crippen LogP contribution in [0.4, 0.5) is 5.69 Å².